The molecule has 0 saturated carbocycles. The molecule has 0 aliphatic rings. The number of para-hydroxylation sites is 1. The molecule has 0 atom stereocenters. The van der Waals surface area contributed by atoms with E-state index >= 15 is 0 Å². The lowest BCUT2D eigenvalue weighted by Crippen LogP contribution is -2.19. The Labute approximate surface area is 99.4 Å². The monoisotopic (exact) mass is 237 g/mol. The zero-order valence-electron chi connectivity index (χ0n) is 9.77. The third-order valence-corrected chi connectivity index (χ3v) is 2.15. The van der Waals surface area contributed by atoms with Crippen LogP contribution >= 0.6 is 0 Å². The number of amides is 1. The van der Waals surface area contributed by atoms with Crippen molar-refractivity contribution in [1.82, 2.24) is 0 Å². The molecule has 0 fully saturated rings. The molecule has 1 amide bonds. The molecule has 0 aliphatic carbocycles. The van der Waals surface area contributed by atoms with E-state index in [1.807, 2.05) is 26.0 Å². The van der Waals surface area contributed by atoms with E-state index < -0.39 is 18.7 Å². The fourth-order valence-electron chi connectivity index (χ4n) is 1.39. The molecule has 2 N–H and O–H groups in total. The highest BCUT2D eigenvalue weighted by molar-refractivity contribution is 5.87. The van der Waals surface area contributed by atoms with Crippen LogP contribution in [0.5, 0.6) is 0 Å². The number of carbonyl (C=O) groups is 2. The zero-order valence-corrected chi connectivity index (χ0v) is 9.77. The average Bonchev–Trinajstić information content (AvgIpc) is 2.27. The highest BCUT2D eigenvalue weighted by atomic mass is 16.6. The van der Waals surface area contributed by atoms with E-state index in [4.69, 9.17) is 5.11 Å². The molecule has 0 heterocycles. The number of aliphatic carboxylic acids is 1. The summed E-state index contributed by atoms with van der Waals surface area (Å²) in [5.74, 6) is -0.928. The summed E-state index contributed by atoms with van der Waals surface area (Å²) < 4.78 is 4.49. The number of ether oxygens (including phenoxy) is 1. The van der Waals surface area contributed by atoms with Crippen LogP contribution in [0.3, 0.4) is 0 Å². The topological polar surface area (TPSA) is 75.6 Å². The van der Waals surface area contributed by atoms with E-state index in [0.29, 0.717) is 5.69 Å². The van der Waals surface area contributed by atoms with Crippen LogP contribution in [-0.2, 0) is 9.53 Å². The van der Waals surface area contributed by atoms with Crippen LogP contribution < -0.4 is 5.32 Å². The van der Waals surface area contributed by atoms with Gasteiger partial charge in [0.2, 0.25) is 0 Å². The summed E-state index contributed by atoms with van der Waals surface area (Å²) in [6.07, 6.45) is -0.763. The minimum atomic E-state index is -1.18. The Hall–Kier alpha value is -2.04. The van der Waals surface area contributed by atoms with Crippen LogP contribution in [0.4, 0.5) is 10.5 Å². The Kier molecular flexibility index (Phi) is 4.51. The normalized spacial score (nSPS) is 10.1. The predicted octanol–water partition coefficient (Wildman–Crippen LogP) is 2.44. The first-order valence-corrected chi connectivity index (χ1v) is 5.25. The first-order chi connectivity index (χ1) is 8.00. The second kappa shape index (κ2) is 5.89. The first-order valence-electron chi connectivity index (χ1n) is 5.25. The van der Waals surface area contributed by atoms with Gasteiger partial charge < -0.3 is 9.84 Å². The van der Waals surface area contributed by atoms with Crippen molar-refractivity contribution in [2.24, 2.45) is 0 Å². The van der Waals surface area contributed by atoms with Crippen molar-refractivity contribution in [3.63, 3.8) is 0 Å². The molecule has 0 radical (unpaired) electrons. The summed E-state index contributed by atoms with van der Waals surface area (Å²) in [7, 11) is 0. The summed E-state index contributed by atoms with van der Waals surface area (Å²) >= 11 is 0. The molecule has 1 rings (SSSR count). The number of benzene rings is 1. The summed E-state index contributed by atoms with van der Waals surface area (Å²) in [4.78, 5) is 21.5. The molecule has 0 saturated heterocycles. The number of carboxylic acids is 1. The number of hydrogen-bond donors (Lipinski definition) is 2. The molecular weight excluding hydrogens is 222 g/mol. The summed E-state index contributed by atoms with van der Waals surface area (Å²) in [6.45, 7) is 3.36. The molecule has 1 aromatic rings. The first kappa shape index (κ1) is 13.0. The lowest BCUT2D eigenvalue weighted by molar-refractivity contribution is -0.140. The van der Waals surface area contributed by atoms with Gasteiger partial charge in [0.05, 0.1) is 0 Å². The molecule has 1 aromatic carbocycles. The second-order valence-corrected chi connectivity index (χ2v) is 3.84. The maximum atomic E-state index is 11.3. The fraction of sp³-hybridized carbons (Fsp3) is 0.333. The van der Waals surface area contributed by atoms with E-state index in [9.17, 15) is 9.59 Å². The van der Waals surface area contributed by atoms with Gasteiger partial charge in [0.15, 0.2) is 6.61 Å². The predicted molar refractivity (Wildman–Crippen MR) is 63.1 cm³/mol. The SMILES string of the molecule is CC(C)c1ccccc1NC(=O)OCC(=O)O. The smallest absolute Gasteiger partial charge is 0.412 e. The average molecular weight is 237 g/mol. The molecule has 0 spiro atoms. The number of carboxylic acid groups (broad SMARTS) is 1. The minimum absolute atomic E-state index is 0.256. The molecule has 0 aromatic heterocycles. The van der Waals surface area contributed by atoms with E-state index in [1.165, 1.54) is 0 Å². The van der Waals surface area contributed by atoms with Gasteiger partial charge in [-0.05, 0) is 17.5 Å². The molecule has 0 aliphatic heterocycles. The summed E-state index contributed by atoms with van der Waals surface area (Å²) in [5.41, 5.74) is 1.61. The summed E-state index contributed by atoms with van der Waals surface area (Å²) in [5, 5.41) is 10.9. The second-order valence-electron chi connectivity index (χ2n) is 3.84. The maximum Gasteiger partial charge on any atom is 0.412 e. The van der Waals surface area contributed by atoms with Gasteiger partial charge >= 0.3 is 12.1 Å². The fourth-order valence-corrected chi connectivity index (χ4v) is 1.39. The third kappa shape index (κ3) is 4.14. The van der Waals surface area contributed by atoms with Crippen LogP contribution in [-0.4, -0.2) is 23.8 Å². The van der Waals surface area contributed by atoms with Crippen molar-refractivity contribution in [1.29, 1.82) is 0 Å². The lowest BCUT2D eigenvalue weighted by atomic mass is 10.0. The van der Waals surface area contributed by atoms with Gasteiger partial charge in [-0.3, -0.25) is 5.32 Å². The van der Waals surface area contributed by atoms with Crippen LogP contribution in [0.2, 0.25) is 0 Å². The summed E-state index contributed by atoms with van der Waals surface area (Å²) in [6, 6.07) is 7.32. The molecule has 0 bridgehead atoms. The number of rotatable bonds is 4. The number of anilines is 1. The molecule has 5 nitrogen and oxygen atoms in total. The van der Waals surface area contributed by atoms with Crippen LogP contribution in [0, 0.1) is 0 Å². The van der Waals surface area contributed by atoms with Gasteiger partial charge in [-0.25, -0.2) is 9.59 Å². The molecule has 5 heteroatoms. The standard InChI is InChI=1S/C12H15NO4/c1-8(2)9-5-3-4-6-10(9)13-12(16)17-7-11(14)15/h3-6,8H,7H2,1-2H3,(H,13,16)(H,14,15). The van der Waals surface area contributed by atoms with Crippen LogP contribution in [0.15, 0.2) is 24.3 Å². The van der Waals surface area contributed by atoms with Crippen molar-refractivity contribution in [3.05, 3.63) is 29.8 Å². The van der Waals surface area contributed by atoms with E-state index in [1.54, 1.807) is 12.1 Å². The van der Waals surface area contributed by atoms with E-state index in [-0.39, 0.29) is 5.92 Å². The maximum absolute atomic E-state index is 11.3. The number of nitrogens with one attached hydrogen (secondary N) is 1. The Balaban J connectivity index is 2.68. The zero-order chi connectivity index (χ0) is 12.8. The van der Waals surface area contributed by atoms with Gasteiger partial charge in [0, 0.05) is 5.69 Å². The minimum Gasteiger partial charge on any atom is -0.479 e. The van der Waals surface area contributed by atoms with Gasteiger partial charge in [0.25, 0.3) is 0 Å². The van der Waals surface area contributed by atoms with Crippen LogP contribution in [0.1, 0.15) is 25.3 Å². The van der Waals surface area contributed by atoms with Crippen molar-refractivity contribution < 1.29 is 19.4 Å². The quantitative estimate of drug-likeness (QED) is 0.843. The molecule has 0 unspecified atom stereocenters. The highest BCUT2D eigenvalue weighted by Gasteiger charge is 2.10. The van der Waals surface area contributed by atoms with Crippen molar-refractivity contribution >= 4 is 17.7 Å². The Morgan fingerprint density at radius 3 is 2.59 bits per heavy atom. The van der Waals surface area contributed by atoms with Crippen molar-refractivity contribution in [3.8, 4) is 0 Å². The Morgan fingerprint density at radius 1 is 1.35 bits per heavy atom. The third-order valence-electron chi connectivity index (χ3n) is 2.15. The number of hydrogen-bond acceptors (Lipinski definition) is 3. The highest BCUT2D eigenvalue weighted by Crippen LogP contribution is 2.23. The van der Waals surface area contributed by atoms with Crippen molar-refractivity contribution in [2.45, 2.75) is 19.8 Å². The molecular formula is C12H15NO4. The van der Waals surface area contributed by atoms with Crippen molar-refractivity contribution in [2.75, 3.05) is 11.9 Å². The lowest BCUT2D eigenvalue weighted by Gasteiger charge is -2.13. The Morgan fingerprint density at radius 2 is 2.00 bits per heavy atom. The Bertz CT molecular complexity index is 415. The molecule has 92 valence electrons. The van der Waals surface area contributed by atoms with E-state index in [0.717, 1.165) is 5.56 Å². The largest absolute Gasteiger partial charge is 0.479 e. The van der Waals surface area contributed by atoms with Gasteiger partial charge in [0.1, 0.15) is 0 Å². The van der Waals surface area contributed by atoms with Gasteiger partial charge in [-0.2, -0.15) is 0 Å². The van der Waals surface area contributed by atoms with Crippen LogP contribution in [0.25, 0.3) is 0 Å². The van der Waals surface area contributed by atoms with Gasteiger partial charge in [-0.1, -0.05) is 32.0 Å². The molecule has 17 heavy (non-hydrogen) atoms. The van der Waals surface area contributed by atoms with E-state index in [2.05, 4.69) is 10.1 Å². The van der Waals surface area contributed by atoms with Gasteiger partial charge in [-0.15, -0.1) is 0 Å². The number of carbonyl (C=O) groups excluding carboxylic acids is 1.